The summed E-state index contributed by atoms with van der Waals surface area (Å²) in [5.41, 5.74) is 5.83. The summed E-state index contributed by atoms with van der Waals surface area (Å²) in [4.78, 5) is 40.2. The Morgan fingerprint density at radius 3 is 2.85 bits per heavy atom. The van der Waals surface area contributed by atoms with E-state index in [1.165, 1.54) is 24.0 Å². The number of nitrogens with one attached hydrogen (secondary N) is 1. The average molecular weight is 550 g/mol. The SMILES string of the molecule is CN1Cc2cc(Nc3ncc4c(=O)n5n(c4n3)-c3ccc4c(c3)N(CCO4)C(=O)CCC=CC5)ccc2C2(CC2)C1. The van der Waals surface area contributed by atoms with Crippen LogP contribution < -0.4 is 20.5 Å². The van der Waals surface area contributed by atoms with Crippen LogP contribution in [-0.4, -0.2) is 56.9 Å². The molecule has 8 rings (SSSR count). The molecule has 0 saturated heterocycles. The summed E-state index contributed by atoms with van der Waals surface area (Å²) in [5, 5.41) is 3.82. The van der Waals surface area contributed by atoms with Crippen molar-refractivity contribution in [3.63, 3.8) is 0 Å². The second kappa shape index (κ2) is 9.04. The smallest absolute Gasteiger partial charge is 0.278 e. The van der Waals surface area contributed by atoms with Crippen molar-refractivity contribution in [2.75, 3.05) is 37.0 Å². The van der Waals surface area contributed by atoms with E-state index in [4.69, 9.17) is 9.72 Å². The number of aromatic nitrogens is 4. The Morgan fingerprint density at radius 1 is 1.07 bits per heavy atom. The maximum Gasteiger partial charge on any atom is 0.278 e. The normalized spacial score (nSPS) is 19.2. The molecule has 1 spiro atoms. The second-order valence-electron chi connectivity index (χ2n) is 11.6. The molecule has 10 nitrogen and oxygen atoms in total. The van der Waals surface area contributed by atoms with E-state index < -0.39 is 0 Å². The van der Waals surface area contributed by atoms with Gasteiger partial charge in [-0.2, -0.15) is 4.98 Å². The lowest BCUT2D eigenvalue weighted by Gasteiger charge is -2.32. The average Bonchev–Trinajstić information content (AvgIpc) is 3.67. The van der Waals surface area contributed by atoms with Crippen molar-refractivity contribution in [2.24, 2.45) is 0 Å². The van der Waals surface area contributed by atoms with Gasteiger partial charge in [0.2, 0.25) is 11.9 Å². The summed E-state index contributed by atoms with van der Waals surface area (Å²) >= 11 is 0. The molecule has 1 N–H and O–H groups in total. The van der Waals surface area contributed by atoms with Crippen LogP contribution in [0.25, 0.3) is 16.7 Å². The van der Waals surface area contributed by atoms with Crippen LogP contribution in [0.15, 0.2) is 59.5 Å². The fourth-order valence-electron chi connectivity index (χ4n) is 6.72. The van der Waals surface area contributed by atoms with E-state index in [1.54, 1.807) is 15.8 Å². The molecule has 0 radical (unpaired) electrons. The van der Waals surface area contributed by atoms with Gasteiger partial charge in [-0.05, 0) is 67.8 Å². The van der Waals surface area contributed by atoms with Gasteiger partial charge in [0.1, 0.15) is 17.7 Å². The van der Waals surface area contributed by atoms with Crippen LogP contribution in [0.3, 0.4) is 0 Å². The zero-order chi connectivity index (χ0) is 27.7. The number of hydrogen-bond acceptors (Lipinski definition) is 7. The minimum absolute atomic E-state index is 0.0596. The van der Waals surface area contributed by atoms with E-state index in [0.717, 1.165) is 24.5 Å². The zero-order valence-corrected chi connectivity index (χ0v) is 23.0. The number of anilines is 3. The maximum absolute atomic E-state index is 13.6. The van der Waals surface area contributed by atoms with Gasteiger partial charge in [0.15, 0.2) is 5.65 Å². The number of fused-ring (bicyclic) bond motifs is 7. The molecular weight excluding hydrogens is 518 g/mol. The molecule has 1 aliphatic carbocycles. The summed E-state index contributed by atoms with van der Waals surface area (Å²) in [5.74, 6) is 1.14. The first-order chi connectivity index (χ1) is 20.0. The molecule has 4 aromatic rings. The largest absolute Gasteiger partial charge is 0.490 e. The summed E-state index contributed by atoms with van der Waals surface area (Å²) in [6, 6.07) is 12.2. The molecule has 2 aromatic carbocycles. The molecule has 2 bridgehead atoms. The molecule has 10 heteroatoms. The molecule has 5 heterocycles. The number of carbonyl (C=O) groups is 1. The molecular formula is C31H31N7O3. The Labute approximate surface area is 236 Å². The molecule has 1 saturated carbocycles. The lowest BCUT2D eigenvalue weighted by Crippen LogP contribution is -2.38. The first-order valence-corrected chi connectivity index (χ1v) is 14.3. The number of carbonyl (C=O) groups excluding carboxylic acids is 1. The summed E-state index contributed by atoms with van der Waals surface area (Å²) in [6.45, 7) is 3.34. The molecule has 0 unspecified atom stereocenters. The van der Waals surface area contributed by atoms with Crippen molar-refractivity contribution in [3.05, 3.63) is 76.2 Å². The van der Waals surface area contributed by atoms with Gasteiger partial charge >= 0.3 is 0 Å². The van der Waals surface area contributed by atoms with Crippen molar-refractivity contribution in [1.29, 1.82) is 0 Å². The van der Waals surface area contributed by atoms with Gasteiger partial charge in [-0.1, -0.05) is 18.2 Å². The standard InChI is InChI=1S/C31H31N7O3/c1-35-18-20-15-21(6-8-24(20)31(19-35)10-11-31)33-30-32-17-23-28(34-30)38-22-7-9-26-25(16-22)36(13-14-41-26)27(39)5-3-2-4-12-37(38)29(23)40/h2,4,6-9,15-17H,3,5,10-14,18-19H2,1H3,(H,32,33,34). The van der Waals surface area contributed by atoms with Gasteiger partial charge < -0.3 is 19.9 Å². The number of ether oxygens (including phenoxy) is 1. The lowest BCUT2D eigenvalue weighted by atomic mass is 9.87. The van der Waals surface area contributed by atoms with Gasteiger partial charge in [0, 0.05) is 36.8 Å². The Balaban J connectivity index is 1.23. The van der Waals surface area contributed by atoms with Crippen LogP contribution >= 0.6 is 0 Å². The van der Waals surface area contributed by atoms with Gasteiger partial charge in [-0.25, -0.2) is 14.3 Å². The quantitative estimate of drug-likeness (QED) is 0.379. The highest BCUT2D eigenvalue weighted by molar-refractivity contribution is 5.96. The highest BCUT2D eigenvalue weighted by Crippen LogP contribution is 2.52. The van der Waals surface area contributed by atoms with Crippen molar-refractivity contribution < 1.29 is 9.53 Å². The van der Waals surface area contributed by atoms with Gasteiger partial charge in [-0.15, -0.1) is 0 Å². The number of nitrogens with zero attached hydrogens (tertiary/aromatic N) is 6. The molecule has 2 aromatic heterocycles. The third-order valence-electron chi connectivity index (χ3n) is 8.80. The number of likely N-dealkylation sites (N-methyl/N-ethyl adjacent to an activating group) is 1. The number of amides is 1. The zero-order valence-electron chi connectivity index (χ0n) is 23.0. The van der Waals surface area contributed by atoms with Crippen LogP contribution in [0.4, 0.5) is 17.3 Å². The fourth-order valence-corrected chi connectivity index (χ4v) is 6.72. The highest BCUT2D eigenvalue weighted by atomic mass is 16.5. The molecule has 208 valence electrons. The third-order valence-corrected chi connectivity index (χ3v) is 8.80. The Morgan fingerprint density at radius 2 is 1.98 bits per heavy atom. The van der Waals surface area contributed by atoms with Gasteiger partial charge in [0.25, 0.3) is 5.56 Å². The molecule has 3 aliphatic heterocycles. The number of allylic oxidation sites excluding steroid dienone is 2. The van der Waals surface area contributed by atoms with Crippen molar-refractivity contribution in [1.82, 2.24) is 24.2 Å². The van der Waals surface area contributed by atoms with Crippen LogP contribution in [-0.2, 0) is 23.3 Å². The van der Waals surface area contributed by atoms with Crippen molar-refractivity contribution in [3.8, 4) is 11.4 Å². The van der Waals surface area contributed by atoms with Crippen molar-refractivity contribution in [2.45, 2.75) is 44.2 Å². The van der Waals surface area contributed by atoms with Crippen molar-refractivity contribution >= 4 is 34.3 Å². The molecule has 4 aliphatic rings. The second-order valence-corrected chi connectivity index (χ2v) is 11.6. The number of hydrogen-bond donors (Lipinski definition) is 1. The fraction of sp³-hybridized carbons (Fsp3) is 0.355. The first-order valence-electron chi connectivity index (χ1n) is 14.3. The minimum Gasteiger partial charge on any atom is -0.490 e. The Hall–Kier alpha value is -4.44. The third kappa shape index (κ3) is 3.96. The van der Waals surface area contributed by atoms with Crippen LogP contribution in [0.5, 0.6) is 5.75 Å². The monoisotopic (exact) mass is 549 g/mol. The lowest BCUT2D eigenvalue weighted by molar-refractivity contribution is -0.118. The van der Waals surface area contributed by atoms with E-state index in [2.05, 4.69) is 40.4 Å². The van der Waals surface area contributed by atoms with Gasteiger partial charge in [0.05, 0.1) is 24.5 Å². The minimum atomic E-state index is -0.165. The van der Waals surface area contributed by atoms with E-state index in [1.807, 2.05) is 35.0 Å². The molecule has 41 heavy (non-hydrogen) atoms. The van der Waals surface area contributed by atoms with Crippen LogP contribution in [0, 0.1) is 0 Å². The summed E-state index contributed by atoms with van der Waals surface area (Å²) < 4.78 is 9.36. The Bertz CT molecular complexity index is 1820. The molecule has 1 amide bonds. The Kier molecular flexibility index (Phi) is 5.37. The molecule has 0 atom stereocenters. The molecule has 1 fully saturated rings. The number of rotatable bonds is 2. The first kappa shape index (κ1) is 24.4. The van der Waals surface area contributed by atoms with E-state index in [9.17, 15) is 9.59 Å². The number of benzene rings is 2. The summed E-state index contributed by atoms with van der Waals surface area (Å²) in [7, 11) is 2.18. The predicted molar refractivity (Wildman–Crippen MR) is 156 cm³/mol. The van der Waals surface area contributed by atoms with Gasteiger partial charge in [-0.3, -0.25) is 9.59 Å². The van der Waals surface area contributed by atoms with Crippen LogP contribution in [0.1, 0.15) is 36.8 Å². The van der Waals surface area contributed by atoms with E-state index in [-0.39, 0.29) is 11.5 Å². The maximum atomic E-state index is 13.6. The topological polar surface area (TPSA) is 97.5 Å². The predicted octanol–water partition coefficient (Wildman–Crippen LogP) is 3.88. The van der Waals surface area contributed by atoms with E-state index >= 15 is 0 Å². The highest BCUT2D eigenvalue weighted by Gasteiger charge is 2.48. The van der Waals surface area contributed by atoms with E-state index in [0.29, 0.717) is 66.4 Å². The van der Waals surface area contributed by atoms with Crippen LogP contribution in [0.2, 0.25) is 0 Å². The summed E-state index contributed by atoms with van der Waals surface area (Å²) in [6.07, 6.45) is 9.00.